The predicted octanol–water partition coefficient (Wildman–Crippen LogP) is 4.05. The number of hydrogen-bond donors (Lipinski definition) is 2. The molecule has 0 amide bonds. The Kier molecular flexibility index (Phi) is 6.89. The molecule has 0 radical (unpaired) electrons. The van der Waals surface area contributed by atoms with Gasteiger partial charge in [-0.1, -0.05) is 70.1 Å². The van der Waals surface area contributed by atoms with Gasteiger partial charge in [-0.2, -0.15) is 0 Å². The Morgan fingerprint density at radius 3 is 2.09 bits per heavy atom. The fourth-order valence-electron chi connectivity index (χ4n) is 4.24. The Hall–Kier alpha value is -2.62. The Morgan fingerprint density at radius 1 is 1.00 bits per heavy atom. The van der Waals surface area contributed by atoms with Gasteiger partial charge in [0.15, 0.2) is 0 Å². The summed E-state index contributed by atoms with van der Waals surface area (Å²) in [5.41, 5.74) is -0.468. The van der Waals surface area contributed by atoms with Gasteiger partial charge in [0, 0.05) is 24.1 Å². The van der Waals surface area contributed by atoms with Crippen LogP contribution in [0.2, 0.25) is 10.0 Å². The second-order valence-electron chi connectivity index (χ2n) is 7.83. The number of β-amino-alcohol motifs (C(OH)–C–C–N with tert-alkyl or cyclic N) is 1. The van der Waals surface area contributed by atoms with Gasteiger partial charge < -0.3 is 10.4 Å². The van der Waals surface area contributed by atoms with Gasteiger partial charge in [0.2, 0.25) is 5.96 Å². The number of rotatable bonds is 4. The average molecular weight is 519 g/mol. The van der Waals surface area contributed by atoms with Crippen LogP contribution in [0.1, 0.15) is 17.2 Å². The summed E-state index contributed by atoms with van der Waals surface area (Å²) in [4.78, 5) is 4.27. The predicted molar refractivity (Wildman–Crippen MR) is 134 cm³/mol. The van der Waals surface area contributed by atoms with Crippen molar-refractivity contribution >= 4 is 39.2 Å². The maximum Gasteiger partial charge on any atom is 0.260 e. The smallest absolute Gasteiger partial charge is 0.260 e. The number of sulfonamides is 1. The number of hydrazine groups is 1. The monoisotopic (exact) mass is 518 g/mol. The number of aliphatic hydroxyl groups is 1. The molecule has 34 heavy (non-hydrogen) atoms. The largest absolute Gasteiger partial charge is 0.381 e. The molecule has 0 saturated carbocycles. The standard InChI is InChI=1S/C24H24Cl2N4O3S/c1-27-23(28-2)29-16-24(31,18-6-4-3-5-7-18)22(17-8-10-19(25)11-9-17)30(29)34(32,33)21-14-12-20(26)13-15-21/h3-15,22,31H,16H2,1-2H3,(H,27,28). The summed E-state index contributed by atoms with van der Waals surface area (Å²) in [6, 6.07) is 20.7. The minimum Gasteiger partial charge on any atom is -0.381 e. The molecular weight excluding hydrogens is 495 g/mol. The van der Waals surface area contributed by atoms with Crippen molar-refractivity contribution in [2.75, 3.05) is 20.6 Å². The molecule has 1 saturated heterocycles. The highest BCUT2D eigenvalue weighted by atomic mass is 35.5. The molecule has 0 aromatic heterocycles. The highest BCUT2D eigenvalue weighted by molar-refractivity contribution is 7.89. The molecule has 2 unspecified atom stereocenters. The Labute approximate surface area is 209 Å². The molecule has 1 aliphatic heterocycles. The maximum absolute atomic E-state index is 14.1. The van der Waals surface area contributed by atoms with E-state index in [9.17, 15) is 13.5 Å². The number of hydrogen-bond acceptors (Lipinski definition) is 4. The van der Waals surface area contributed by atoms with Crippen LogP contribution in [0.5, 0.6) is 0 Å². The number of guanidine groups is 1. The first-order valence-corrected chi connectivity index (χ1v) is 12.7. The number of benzene rings is 3. The van der Waals surface area contributed by atoms with Crippen LogP contribution in [0.3, 0.4) is 0 Å². The van der Waals surface area contributed by atoms with Crippen LogP contribution in [0, 0.1) is 0 Å². The second kappa shape index (κ2) is 9.56. The molecule has 2 atom stereocenters. The van der Waals surface area contributed by atoms with Gasteiger partial charge in [-0.05, 0) is 47.5 Å². The molecule has 4 rings (SSSR count). The first-order valence-electron chi connectivity index (χ1n) is 10.5. The summed E-state index contributed by atoms with van der Waals surface area (Å²) in [6.45, 7) is -0.0648. The molecule has 178 valence electrons. The van der Waals surface area contributed by atoms with Gasteiger partial charge in [0.25, 0.3) is 10.0 Å². The SMILES string of the molecule is CN=C(NC)N1CC(O)(c2ccccc2)C(c2ccc(Cl)cc2)N1S(=O)(=O)c1ccc(Cl)cc1. The normalized spacial score (nSPS) is 21.6. The quantitative estimate of drug-likeness (QED) is 0.402. The van der Waals surface area contributed by atoms with E-state index in [4.69, 9.17) is 23.2 Å². The third-order valence-electron chi connectivity index (χ3n) is 5.80. The van der Waals surface area contributed by atoms with Crippen LogP contribution in [0.15, 0.2) is 88.8 Å². The third kappa shape index (κ3) is 4.28. The third-order valence-corrected chi connectivity index (χ3v) is 8.07. The zero-order chi connectivity index (χ0) is 24.5. The van der Waals surface area contributed by atoms with Gasteiger partial charge >= 0.3 is 0 Å². The first-order chi connectivity index (χ1) is 16.2. The maximum atomic E-state index is 14.1. The lowest BCUT2D eigenvalue weighted by Gasteiger charge is -2.34. The number of halogens is 2. The van der Waals surface area contributed by atoms with Crippen LogP contribution in [0.4, 0.5) is 0 Å². The lowest BCUT2D eigenvalue weighted by atomic mass is 9.84. The van der Waals surface area contributed by atoms with Crippen molar-refractivity contribution in [3.8, 4) is 0 Å². The number of aliphatic imine (C=N–C) groups is 1. The summed E-state index contributed by atoms with van der Waals surface area (Å²) in [7, 11) is -0.972. The minimum atomic E-state index is -4.17. The van der Waals surface area contributed by atoms with E-state index >= 15 is 0 Å². The molecule has 0 aliphatic carbocycles. The van der Waals surface area contributed by atoms with E-state index < -0.39 is 21.7 Å². The van der Waals surface area contributed by atoms with Crippen molar-refractivity contribution in [1.29, 1.82) is 0 Å². The van der Waals surface area contributed by atoms with Crippen molar-refractivity contribution < 1.29 is 13.5 Å². The van der Waals surface area contributed by atoms with Crippen molar-refractivity contribution in [3.05, 3.63) is 100 Å². The molecule has 3 aromatic rings. The summed E-state index contributed by atoms with van der Waals surface area (Å²) in [5.74, 6) is 0.281. The van der Waals surface area contributed by atoms with Crippen LogP contribution >= 0.6 is 23.2 Å². The lowest BCUT2D eigenvalue weighted by molar-refractivity contribution is 0.0221. The minimum absolute atomic E-state index is 0.0322. The Balaban J connectivity index is 1.99. The number of nitrogens with zero attached hydrogens (tertiary/aromatic N) is 3. The van der Waals surface area contributed by atoms with Crippen molar-refractivity contribution in [2.24, 2.45) is 4.99 Å². The van der Waals surface area contributed by atoms with Crippen LogP contribution < -0.4 is 5.32 Å². The molecule has 1 aliphatic rings. The molecule has 3 aromatic carbocycles. The van der Waals surface area contributed by atoms with Crippen LogP contribution in [0.25, 0.3) is 0 Å². The summed E-state index contributed by atoms with van der Waals surface area (Å²) in [6.07, 6.45) is 0. The van der Waals surface area contributed by atoms with Crippen molar-refractivity contribution in [1.82, 2.24) is 14.7 Å². The van der Waals surface area contributed by atoms with Crippen LogP contribution in [-0.4, -0.2) is 49.5 Å². The zero-order valence-electron chi connectivity index (χ0n) is 18.6. The van der Waals surface area contributed by atoms with Crippen LogP contribution in [-0.2, 0) is 15.6 Å². The molecular formula is C24H24Cl2N4O3S. The van der Waals surface area contributed by atoms with Gasteiger partial charge in [0.1, 0.15) is 11.6 Å². The second-order valence-corrected chi connectivity index (χ2v) is 10.5. The van der Waals surface area contributed by atoms with Crippen molar-refractivity contribution in [3.63, 3.8) is 0 Å². The molecule has 0 spiro atoms. The molecule has 0 bridgehead atoms. The number of nitrogens with one attached hydrogen (secondary N) is 1. The van der Waals surface area contributed by atoms with E-state index in [0.717, 1.165) is 0 Å². The van der Waals surface area contributed by atoms with Gasteiger partial charge in [-0.25, -0.2) is 8.42 Å². The summed E-state index contributed by atoms with van der Waals surface area (Å²) >= 11 is 12.1. The zero-order valence-corrected chi connectivity index (χ0v) is 20.9. The molecule has 1 heterocycles. The summed E-state index contributed by atoms with van der Waals surface area (Å²) in [5, 5.41) is 17.5. The molecule has 1 fully saturated rings. The highest BCUT2D eigenvalue weighted by Gasteiger charge is 2.58. The van der Waals surface area contributed by atoms with Gasteiger partial charge in [-0.3, -0.25) is 10.0 Å². The van der Waals surface area contributed by atoms with E-state index in [1.165, 1.54) is 33.7 Å². The van der Waals surface area contributed by atoms with Crippen molar-refractivity contribution in [2.45, 2.75) is 16.5 Å². The summed E-state index contributed by atoms with van der Waals surface area (Å²) < 4.78 is 29.4. The lowest BCUT2D eigenvalue weighted by Crippen LogP contribution is -2.49. The van der Waals surface area contributed by atoms with E-state index in [-0.39, 0.29) is 17.4 Å². The fourth-order valence-corrected chi connectivity index (χ4v) is 6.15. The van der Waals surface area contributed by atoms with E-state index in [1.807, 2.05) is 6.07 Å². The Morgan fingerprint density at radius 2 is 1.56 bits per heavy atom. The van der Waals surface area contributed by atoms with E-state index in [0.29, 0.717) is 21.2 Å². The average Bonchev–Trinajstić information content (AvgIpc) is 3.16. The van der Waals surface area contributed by atoms with Gasteiger partial charge in [0.05, 0.1) is 11.4 Å². The van der Waals surface area contributed by atoms with Gasteiger partial charge in [-0.15, -0.1) is 0 Å². The molecule has 2 N–H and O–H groups in total. The molecule has 10 heteroatoms. The Bertz CT molecular complexity index is 1290. The van der Waals surface area contributed by atoms with E-state index in [2.05, 4.69) is 10.3 Å². The fraction of sp³-hybridized carbons (Fsp3) is 0.208. The first kappa shape index (κ1) is 24.5. The van der Waals surface area contributed by atoms with E-state index in [1.54, 1.807) is 62.6 Å². The molecule has 7 nitrogen and oxygen atoms in total. The highest BCUT2D eigenvalue weighted by Crippen LogP contribution is 2.49. The topological polar surface area (TPSA) is 85.2 Å².